The Kier molecular flexibility index (Phi) is 3.43. The molecule has 6 heteroatoms. The number of fused-ring (bicyclic) bond motifs is 1. The summed E-state index contributed by atoms with van der Waals surface area (Å²) in [5.74, 6) is -3.17. The van der Waals surface area contributed by atoms with E-state index in [1.165, 1.54) is 4.68 Å². The number of benzene rings is 1. The van der Waals surface area contributed by atoms with E-state index >= 15 is 0 Å². The van der Waals surface area contributed by atoms with Crippen LogP contribution in [0, 0.1) is 5.92 Å². The van der Waals surface area contributed by atoms with Gasteiger partial charge in [0.25, 0.3) is 0 Å². The summed E-state index contributed by atoms with van der Waals surface area (Å²) in [5.41, 5.74) is 0.867. The molecule has 2 aromatic rings. The van der Waals surface area contributed by atoms with Crippen LogP contribution < -0.4 is 0 Å². The number of rotatable bonds is 5. The normalized spacial score (nSPS) is 24.0. The maximum absolute atomic E-state index is 14.3. The molecule has 1 saturated carbocycles. The highest BCUT2D eigenvalue weighted by molar-refractivity contribution is 5.24. The predicted octanol–water partition coefficient (Wildman–Crippen LogP) is 4.56. The van der Waals surface area contributed by atoms with Gasteiger partial charge >= 0.3 is 5.92 Å². The number of alkyl halides is 3. The lowest BCUT2D eigenvalue weighted by Gasteiger charge is -2.14. The van der Waals surface area contributed by atoms with Gasteiger partial charge in [-0.15, -0.1) is 5.10 Å². The van der Waals surface area contributed by atoms with Crippen molar-refractivity contribution in [1.82, 2.24) is 14.8 Å². The predicted molar refractivity (Wildman–Crippen MR) is 78.9 cm³/mol. The zero-order valence-corrected chi connectivity index (χ0v) is 12.6. The van der Waals surface area contributed by atoms with Crippen LogP contribution in [-0.4, -0.2) is 14.8 Å². The Balaban J connectivity index is 1.62. The lowest BCUT2D eigenvalue weighted by Crippen LogP contribution is -2.17. The molecule has 0 unspecified atom stereocenters. The molecule has 122 valence electrons. The molecule has 4 rings (SSSR count). The molecule has 2 aliphatic rings. The molecule has 2 heterocycles. The minimum Gasteiger partial charge on any atom is -0.239 e. The number of hydrogen-bond acceptors (Lipinski definition) is 2. The van der Waals surface area contributed by atoms with E-state index in [1.54, 1.807) is 0 Å². The zero-order valence-electron chi connectivity index (χ0n) is 12.6. The fourth-order valence-electron chi connectivity index (χ4n) is 3.19. The topological polar surface area (TPSA) is 30.7 Å². The van der Waals surface area contributed by atoms with Crippen LogP contribution in [0.5, 0.6) is 0 Å². The van der Waals surface area contributed by atoms with E-state index in [2.05, 4.69) is 10.1 Å². The van der Waals surface area contributed by atoms with Crippen LogP contribution in [-0.2, 0) is 5.92 Å². The molecule has 1 aromatic carbocycles. The summed E-state index contributed by atoms with van der Waals surface area (Å²) in [5, 5.41) is 3.98. The fourth-order valence-corrected chi connectivity index (χ4v) is 3.19. The van der Waals surface area contributed by atoms with E-state index in [0.717, 1.165) is 18.4 Å². The first kappa shape index (κ1) is 14.7. The van der Waals surface area contributed by atoms with Crippen molar-refractivity contribution < 1.29 is 13.2 Å². The summed E-state index contributed by atoms with van der Waals surface area (Å²) in [6.07, 6.45) is 1.15. The van der Waals surface area contributed by atoms with Gasteiger partial charge in [0.15, 0.2) is 12.0 Å². The Labute approximate surface area is 132 Å². The van der Waals surface area contributed by atoms with Gasteiger partial charge in [0, 0.05) is 12.8 Å². The van der Waals surface area contributed by atoms with Gasteiger partial charge < -0.3 is 0 Å². The molecular formula is C17H18F3N3. The maximum Gasteiger partial charge on any atom is 0.308 e. The summed E-state index contributed by atoms with van der Waals surface area (Å²) >= 11 is 0. The first-order chi connectivity index (χ1) is 11.0. The van der Waals surface area contributed by atoms with Crippen LogP contribution in [0.25, 0.3) is 0 Å². The minimum absolute atomic E-state index is 0.0277. The first-order valence-corrected chi connectivity index (χ1v) is 8.08. The lowest BCUT2D eigenvalue weighted by atomic mass is 10.0. The molecule has 0 radical (unpaired) electrons. The average molecular weight is 321 g/mol. The Morgan fingerprint density at radius 3 is 2.61 bits per heavy atom. The lowest BCUT2D eigenvalue weighted by molar-refractivity contribution is -0.0260. The van der Waals surface area contributed by atoms with Crippen LogP contribution in [0.3, 0.4) is 0 Å². The van der Waals surface area contributed by atoms with Crippen molar-refractivity contribution in [3.05, 3.63) is 47.5 Å². The van der Waals surface area contributed by atoms with E-state index in [1.807, 2.05) is 30.3 Å². The molecule has 23 heavy (non-hydrogen) atoms. The molecule has 0 amide bonds. The van der Waals surface area contributed by atoms with Crippen LogP contribution in [0.15, 0.2) is 30.3 Å². The van der Waals surface area contributed by atoms with Crippen molar-refractivity contribution >= 4 is 0 Å². The van der Waals surface area contributed by atoms with Gasteiger partial charge in [0.05, 0.1) is 6.04 Å². The summed E-state index contributed by atoms with van der Waals surface area (Å²) in [6.45, 7) is 0. The molecule has 1 aliphatic carbocycles. The second kappa shape index (κ2) is 5.35. The van der Waals surface area contributed by atoms with Gasteiger partial charge in [0.2, 0.25) is 5.82 Å². The zero-order chi connectivity index (χ0) is 16.0. The quantitative estimate of drug-likeness (QED) is 0.808. The van der Waals surface area contributed by atoms with Gasteiger partial charge in [-0.25, -0.2) is 14.1 Å². The highest BCUT2D eigenvalue weighted by atomic mass is 19.3. The first-order valence-electron chi connectivity index (χ1n) is 8.08. The second-order valence-electron chi connectivity index (χ2n) is 6.55. The molecule has 0 bridgehead atoms. The van der Waals surface area contributed by atoms with E-state index < -0.39 is 17.9 Å². The summed E-state index contributed by atoms with van der Waals surface area (Å²) < 4.78 is 44.1. The highest BCUT2D eigenvalue weighted by Crippen LogP contribution is 2.43. The second-order valence-corrected chi connectivity index (χ2v) is 6.55. The Hall–Kier alpha value is -1.85. The monoisotopic (exact) mass is 321 g/mol. The van der Waals surface area contributed by atoms with Crippen molar-refractivity contribution in [2.24, 2.45) is 5.92 Å². The smallest absolute Gasteiger partial charge is 0.239 e. The molecule has 0 spiro atoms. The van der Waals surface area contributed by atoms with E-state index in [0.29, 0.717) is 12.3 Å². The standard InChI is InChI=1S/C17H18F3N3/c18-13-10-14(12-4-2-1-3-5-12)23-15(13)21-16(22-23)17(19,20)9-8-11-6-7-11/h1-5,11,13-14H,6-10H2/t13-,14-/m0/s1. The van der Waals surface area contributed by atoms with E-state index in [4.69, 9.17) is 0 Å². The third-order valence-corrected chi connectivity index (χ3v) is 4.74. The average Bonchev–Trinajstić information content (AvgIpc) is 3.18. The van der Waals surface area contributed by atoms with E-state index in [-0.39, 0.29) is 24.7 Å². The van der Waals surface area contributed by atoms with Crippen molar-refractivity contribution in [2.75, 3.05) is 0 Å². The van der Waals surface area contributed by atoms with Crippen LogP contribution in [0.2, 0.25) is 0 Å². The van der Waals surface area contributed by atoms with Crippen molar-refractivity contribution in [1.29, 1.82) is 0 Å². The Bertz CT molecular complexity index is 694. The molecule has 0 saturated heterocycles. The van der Waals surface area contributed by atoms with Crippen LogP contribution in [0.1, 0.15) is 61.5 Å². The Morgan fingerprint density at radius 2 is 1.91 bits per heavy atom. The molecule has 0 N–H and O–H groups in total. The minimum atomic E-state index is -3.08. The van der Waals surface area contributed by atoms with Crippen molar-refractivity contribution in [2.45, 2.75) is 50.2 Å². The third kappa shape index (κ3) is 2.75. The number of aromatic nitrogens is 3. The number of halogens is 3. The fraction of sp³-hybridized carbons (Fsp3) is 0.529. The molecule has 1 aromatic heterocycles. The molecular weight excluding hydrogens is 303 g/mol. The van der Waals surface area contributed by atoms with Gasteiger partial charge in [-0.2, -0.15) is 8.78 Å². The summed E-state index contributed by atoms with van der Waals surface area (Å²) in [6, 6.07) is 8.93. The van der Waals surface area contributed by atoms with Gasteiger partial charge in [-0.1, -0.05) is 43.2 Å². The van der Waals surface area contributed by atoms with Crippen LogP contribution >= 0.6 is 0 Å². The summed E-state index contributed by atoms with van der Waals surface area (Å²) in [4.78, 5) is 3.84. The molecule has 1 fully saturated rings. The van der Waals surface area contributed by atoms with E-state index in [9.17, 15) is 13.2 Å². The van der Waals surface area contributed by atoms with Gasteiger partial charge in [0.1, 0.15) is 0 Å². The van der Waals surface area contributed by atoms with Gasteiger partial charge in [-0.05, 0) is 17.9 Å². The molecule has 3 nitrogen and oxygen atoms in total. The SMILES string of the molecule is F[C@H]1C[C@@H](c2ccccc2)n2nc(C(F)(F)CCC3CC3)nc21. The Morgan fingerprint density at radius 1 is 1.17 bits per heavy atom. The van der Waals surface area contributed by atoms with Gasteiger partial charge in [-0.3, -0.25) is 0 Å². The maximum atomic E-state index is 14.3. The molecule has 1 aliphatic heterocycles. The highest BCUT2D eigenvalue weighted by Gasteiger charge is 2.43. The summed E-state index contributed by atoms with van der Waals surface area (Å²) in [7, 11) is 0. The number of hydrogen-bond donors (Lipinski definition) is 0. The number of nitrogens with zero attached hydrogens (tertiary/aromatic N) is 3. The molecule has 2 atom stereocenters. The van der Waals surface area contributed by atoms with Crippen molar-refractivity contribution in [3.63, 3.8) is 0 Å². The third-order valence-electron chi connectivity index (χ3n) is 4.74. The van der Waals surface area contributed by atoms with Crippen molar-refractivity contribution in [3.8, 4) is 0 Å². The largest absolute Gasteiger partial charge is 0.308 e. The van der Waals surface area contributed by atoms with Crippen LogP contribution in [0.4, 0.5) is 13.2 Å².